The molecule has 0 fully saturated rings. The van der Waals surface area contributed by atoms with Crippen LogP contribution in [-0.4, -0.2) is 15.7 Å². The molecular weight excluding hydrogens is 226 g/mol. The van der Waals surface area contributed by atoms with Gasteiger partial charge in [-0.3, -0.25) is 9.48 Å². The number of hydrogen-bond donors (Lipinski definition) is 1. The van der Waals surface area contributed by atoms with Crippen molar-refractivity contribution in [3.05, 3.63) is 46.8 Å². The SMILES string of the molecule is Cc1ccccc1NC(=O)c1c(C)nn(C)c1C. The molecule has 1 aromatic carbocycles. The molecule has 4 nitrogen and oxygen atoms in total. The van der Waals surface area contributed by atoms with E-state index >= 15 is 0 Å². The Balaban J connectivity index is 2.31. The fourth-order valence-corrected chi connectivity index (χ4v) is 2.00. The van der Waals surface area contributed by atoms with Gasteiger partial charge in [0.2, 0.25) is 0 Å². The Labute approximate surface area is 107 Å². The van der Waals surface area contributed by atoms with Crippen LogP contribution in [0.2, 0.25) is 0 Å². The zero-order chi connectivity index (χ0) is 13.3. The van der Waals surface area contributed by atoms with Crippen LogP contribution in [0.4, 0.5) is 5.69 Å². The number of rotatable bonds is 2. The first-order valence-electron chi connectivity index (χ1n) is 5.88. The predicted octanol–water partition coefficient (Wildman–Crippen LogP) is 2.60. The second-order valence-electron chi connectivity index (χ2n) is 4.44. The maximum atomic E-state index is 12.3. The Morgan fingerprint density at radius 2 is 1.89 bits per heavy atom. The average molecular weight is 243 g/mol. The van der Waals surface area contributed by atoms with Crippen molar-refractivity contribution in [1.29, 1.82) is 0 Å². The Bertz CT molecular complexity index is 599. The number of benzene rings is 1. The van der Waals surface area contributed by atoms with Gasteiger partial charge in [0, 0.05) is 18.4 Å². The number of hydrogen-bond acceptors (Lipinski definition) is 2. The summed E-state index contributed by atoms with van der Waals surface area (Å²) in [7, 11) is 1.84. The minimum Gasteiger partial charge on any atom is -0.322 e. The van der Waals surface area contributed by atoms with Gasteiger partial charge in [0.25, 0.3) is 5.91 Å². The van der Waals surface area contributed by atoms with Gasteiger partial charge in [-0.15, -0.1) is 0 Å². The van der Waals surface area contributed by atoms with Crippen LogP contribution in [-0.2, 0) is 7.05 Å². The molecule has 2 aromatic rings. The van der Waals surface area contributed by atoms with Crippen molar-refractivity contribution in [1.82, 2.24) is 9.78 Å². The summed E-state index contributed by atoms with van der Waals surface area (Å²) < 4.78 is 1.72. The molecule has 1 amide bonds. The first-order valence-corrected chi connectivity index (χ1v) is 5.88. The zero-order valence-electron chi connectivity index (χ0n) is 11.1. The smallest absolute Gasteiger partial charge is 0.259 e. The van der Waals surface area contributed by atoms with Gasteiger partial charge in [-0.05, 0) is 32.4 Å². The maximum Gasteiger partial charge on any atom is 0.259 e. The largest absolute Gasteiger partial charge is 0.322 e. The topological polar surface area (TPSA) is 46.9 Å². The molecule has 0 saturated carbocycles. The number of aromatic nitrogens is 2. The van der Waals surface area contributed by atoms with Gasteiger partial charge in [0.1, 0.15) is 0 Å². The van der Waals surface area contributed by atoms with Crippen molar-refractivity contribution >= 4 is 11.6 Å². The summed E-state index contributed by atoms with van der Waals surface area (Å²) in [6.45, 7) is 5.71. The van der Waals surface area contributed by atoms with Crippen molar-refractivity contribution < 1.29 is 4.79 Å². The Morgan fingerprint density at radius 1 is 1.22 bits per heavy atom. The number of anilines is 1. The highest BCUT2D eigenvalue weighted by molar-refractivity contribution is 6.06. The summed E-state index contributed by atoms with van der Waals surface area (Å²) in [5.74, 6) is -0.104. The van der Waals surface area contributed by atoms with E-state index in [0.29, 0.717) is 5.56 Å². The van der Waals surface area contributed by atoms with E-state index in [9.17, 15) is 4.79 Å². The third-order valence-electron chi connectivity index (χ3n) is 3.13. The molecule has 18 heavy (non-hydrogen) atoms. The number of para-hydroxylation sites is 1. The highest BCUT2D eigenvalue weighted by Gasteiger charge is 2.17. The van der Waals surface area contributed by atoms with Crippen LogP contribution in [0.1, 0.15) is 27.3 Å². The third kappa shape index (κ3) is 2.14. The molecule has 1 N–H and O–H groups in total. The van der Waals surface area contributed by atoms with Crippen LogP contribution >= 0.6 is 0 Å². The van der Waals surface area contributed by atoms with Crippen LogP contribution in [0.25, 0.3) is 0 Å². The molecule has 2 rings (SSSR count). The minimum absolute atomic E-state index is 0.104. The molecule has 0 aliphatic carbocycles. The van der Waals surface area contributed by atoms with Gasteiger partial charge >= 0.3 is 0 Å². The lowest BCUT2D eigenvalue weighted by Gasteiger charge is -2.08. The average Bonchev–Trinajstić information content (AvgIpc) is 2.56. The number of carbonyl (C=O) groups excluding carboxylic acids is 1. The van der Waals surface area contributed by atoms with Gasteiger partial charge < -0.3 is 5.32 Å². The zero-order valence-corrected chi connectivity index (χ0v) is 11.1. The molecule has 4 heteroatoms. The van der Waals surface area contributed by atoms with E-state index in [2.05, 4.69) is 10.4 Å². The molecule has 0 saturated heterocycles. The predicted molar refractivity (Wildman–Crippen MR) is 71.8 cm³/mol. The number of carbonyl (C=O) groups is 1. The molecule has 1 heterocycles. The summed E-state index contributed by atoms with van der Waals surface area (Å²) >= 11 is 0. The van der Waals surface area contributed by atoms with Crippen molar-refractivity contribution in [2.24, 2.45) is 7.05 Å². The van der Waals surface area contributed by atoms with Crippen molar-refractivity contribution in [3.63, 3.8) is 0 Å². The number of nitrogens with one attached hydrogen (secondary N) is 1. The fraction of sp³-hybridized carbons (Fsp3) is 0.286. The molecule has 0 radical (unpaired) electrons. The van der Waals surface area contributed by atoms with E-state index in [-0.39, 0.29) is 5.91 Å². The van der Waals surface area contributed by atoms with E-state index in [1.807, 2.05) is 52.1 Å². The van der Waals surface area contributed by atoms with Gasteiger partial charge in [-0.1, -0.05) is 18.2 Å². The van der Waals surface area contributed by atoms with Gasteiger partial charge in [-0.25, -0.2) is 0 Å². The summed E-state index contributed by atoms with van der Waals surface area (Å²) in [6.07, 6.45) is 0. The van der Waals surface area contributed by atoms with Gasteiger partial charge in [0.15, 0.2) is 0 Å². The molecule has 0 spiro atoms. The normalized spacial score (nSPS) is 10.4. The summed E-state index contributed by atoms with van der Waals surface area (Å²) in [6, 6.07) is 7.73. The first kappa shape index (κ1) is 12.4. The van der Waals surface area contributed by atoms with Crippen LogP contribution < -0.4 is 5.32 Å². The summed E-state index contributed by atoms with van der Waals surface area (Å²) in [4.78, 5) is 12.3. The number of aryl methyl sites for hydroxylation is 3. The van der Waals surface area contributed by atoms with Crippen LogP contribution in [0.15, 0.2) is 24.3 Å². The van der Waals surface area contributed by atoms with Crippen molar-refractivity contribution in [3.8, 4) is 0 Å². The number of nitrogens with zero attached hydrogens (tertiary/aromatic N) is 2. The standard InChI is InChI=1S/C14H17N3O/c1-9-7-5-6-8-12(9)15-14(18)13-10(2)16-17(4)11(13)3/h5-8H,1-4H3,(H,15,18). The highest BCUT2D eigenvalue weighted by Crippen LogP contribution is 2.17. The minimum atomic E-state index is -0.104. The molecule has 0 bridgehead atoms. The molecule has 0 unspecified atom stereocenters. The third-order valence-corrected chi connectivity index (χ3v) is 3.13. The Morgan fingerprint density at radius 3 is 2.44 bits per heavy atom. The van der Waals surface area contributed by atoms with E-state index in [4.69, 9.17) is 0 Å². The van der Waals surface area contributed by atoms with E-state index in [1.165, 1.54) is 0 Å². The van der Waals surface area contributed by atoms with Crippen molar-refractivity contribution in [2.45, 2.75) is 20.8 Å². The second kappa shape index (κ2) is 4.64. The summed E-state index contributed by atoms with van der Waals surface area (Å²) in [5, 5.41) is 7.18. The number of amides is 1. The lowest BCUT2D eigenvalue weighted by Crippen LogP contribution is -2.14. The van der Waals surface area contributed by atoms with Gasteiger partial charge in [-0.2, -0.15) is 5.10 Å². The Hall–Kier alpha value is -2.10. The van der Waals surface area contributed by atoms with Crippen LogP contribution in [0.5, 0.6) is 0 Å². The molecule has 94 valence electrons. The van der Waals surface area contributed by atoms with Crippen molar-refractivity contribution in [2.75, 3.05) is 5.32 Å². The summed E-state index contributed by atoms with van der Waals surface area (Å²) in [5.41, 5.74) is 4.16. The van der Waals surface area contributed by atoms with E-state index in [1.54, 1.807) is 4.68 Å². The van der Waals surface area contributed by atoms with Gasteiger partial charge in [0.05, 0.1) is 11.3 Å². The molecule has 0 aliphatic heterocycles. The van der Waals surface area contributed by atoms with Crippen LogP contribution in [0.3, 0.4) is 0 Å². The lowest BCUT2D eigenvalue weighted by atomic mass is 10.1. The first-order chi connectivity index (χ1) is 8.50. The van der Waals surface area contributed by atoms with E-state index < -0.39 is 0 Å². The molecule has 0 atom stereocenters. The second-order valence-corrected chi connectivity index (χ2v) is 4.44. The molecular formula is C14H17N3O. The maximum absolute atomic E-state index is 12.3. The molecule has 0 aliphatic rings. The Kier molecular flexibility index (Phi) is 3.19. The molecule has 1 aromatic heterocycles. The highest BCUT2D eigenvalue weighted by atomic mass is 16.1. The lowest BCUT2D eigenvalue weighted by molar-refractivity contribution is 0.102. The van der Waals surface area contributed by atoms with E-state index in [0.717, 1.165) is 22.6 Å². The monoisotopic (exact) mass is 243 g/mol. The fourth-order valence-electron chi connectivity index (χ4n) is 2.00. The van der Waals surface area contributed by atoms with Crippen LogP contribution in [0, 0.1) is 20.8 Å². The quantitative estimate of drug-likeness (QED) is 0.881.